The molecule has 3 nitrogen and oxygen atoms in total. The molecule has 0 amide bonds. The summed E-state index contributed by atoms with van der Waals surface area (Å²) in [5, 5.41) is 0.517. The van der Waals surface area contributed by atoms with Crippen LogP contribution in [0, 0.1) is 6.92 Å². The molecule has 1 atom stereocenters. The summed E-state index contributed by atoms with van der Waals surface area (Å²) in [6.45, 7) is 3.23. The van der Waals surface area contributed by atoms with Crippen molar-refractivity contribution in [2.45, 2.75) is 26.4 Å². The van der Waals surface area contributed by atoms with E-state index in [9.17, 15) is 9.59 Å². The largest absolute Gasteiger partial charge is 0.450 e. The Morgan fingerprint density at radius 2 is 2.19 bits per heavy atom. The predicted octanol–water partition coefficient (Wildman–Crippen LogP) is 2.32. The molecule has 1 heterocycles. The fourth-order valence-electron chi connectivity index (χ4n) is 1.87. The maximum Gasteiger partial charge on any atom is 0.339 e. The van der Waals surface area contributed by atoms with Crippen LogP contribution in [-0.4, -0.2) is 17.9 Å². The number of benzene rings is 1. The molecule has 0 saturated heterocycles. The van der Waals surface area contributed by atoms with E-state index in [1.807, 2.05) is 6.92 Å². The molecule has 1 aromatic rings. The zero-order valence-electron chi connectivity index (χ0n) is 9.04. The SMILES string of the molecule is CC(=O)C1Cc2c(Cl)ccc(C)c2C(=O)O1. The van der Waals surface area contributed by atoms with Gasteiger partial charge in [-0.1, -0.05) is 17.7 Å². The van der Waals surface area contributed by atoms with Crippen LogP contribution >= 0.6 is 11.6 Å². The molecule has 2 rings (SSSR count). The molecule has 0 fully saturated rings. The molecule has 0 N–H and O–H groups in total. The van der Waals surface area contributed by atoms with Crippen LogP contribution in [0.1, 0.15) is 28.4 Å². The van der Waals surface area contributed by atoms with Gasteiger partial charge in [-0.3, -0.25) is 4.79 Å². The number of halogens is 1. The zero-order valence-corrected chi connectivity index (χ0v) is 9.80. The van der Waals surface area contributed by atoms with Gasteiger partial charge in [-0.25, -0.2) is 4.79 Å². The average molecular weight is 239 g/mol. The van der Waals surface area contributed by atoms with Gasteiger partial charge in [-0.05, 0) is 31.0 Å². The van der Waals surface area contributed by atoms with E-state index in [2.05, 4.69) is 0 Å². The topological polar surface area (TPSA) is 43.4 Å². The Kier molecular flexibility index (Phi) is 2.72. The second kappa shape index (κ2) is 3.91. The van der Waals surface area contributed by atoms with Crippen LogP contribution in [0.2, 0.25) is 5.02 Å². The number of fused-ring (bicyclic) bond motifs is 1. The Bertz CT molecular complexity index is 479. The van der Waals surface area contributed by atoms with E-state index < -0.39 is 12.1 Å². The van der Waals surface area contributed by atoms with E-state index in [0.717, 1.165) is 11.1 Å². The molecule has 1 unspecified atom stereocenters. The second-order valence-corrected chi connectivity index (χ2v) is 4.33. The molecule has 4 heteroatoms. The molecule has 1 aromatic carbocycles. The second-order valence-electron chi connectivity index (χ2n) is 3.93. The van der Waals surface area contributed by atoms with Crippen LogP contribution in [0.15, 0.2) is 12.1 Å². The third kappa shape index (κ3) is 1.71. The predicted molar refractivity (Wildman–Crippen MR) is 59.8 cm³/mol. The van der Waals surface area contributed by atoms with Crippen LogP contribution in [-0.2, 0) is 16.0 Å². The van der Waals surface area contributed by atoms with Crippen molar-refractivity contribution >= 4 is 23.4 Å². The molecule has 0 aromatic heterocycles. The highest BCUT2D eigenvalue weighted by Crippen LogP contribution is 2.30. The molecule has 1 aliphatic rings. The standard InChI is InChI=1S/C12H11ClO3/c1-6-3-4-9(13)8-5-10(7(2)14)16-12(15)11(6)8/h3-4,10H,5H2,1-2H3. The third-order valence-electron chi connectivity index (χ3n) is 2.76. The van der Waals surface area contributed by atoms with Crippen molar-refractivity contribution in [3.63, 3.8) is 0 Å². The maximum atomic E-state index is 11.7. The van der Waals surface area contributed by atoms with Crippen LogP contribution in [0.4, 0.5) is 0 Å². The summed E-state index contributed by atoms with van der Waals surface area (Å²) >= 11 is 6.03. The highest BCUT2D eigenvalue weighted by molar-refractivity contribution is 6.32. The lowest BCUT2D eigenvalue weighted by Crippen LogP contribution is -2.33. The van der Waals surface area contributed by atoms with E-state index >= 15 is 0 Å². The van der Waals surface area contributed by atoms with E-state index in [-0.39, 0.29) is 5.78 Å². The lowest BCUT2D eigenvalue weighted by molar-refractivity contribution is -0.125. The molecular weight excluding hydrogens is 228 g/mol. The molecule has 0 spiro atoms. The molecule has 1 aliphatic heterocycles. The quantitative estimate of drug-likeness (QED) is 0.706. The summed E-state index contributed by atoms with van der Waals surface area (Å²) < 4.78 is 5.06. The van der Waals surface area contributed by atoms with Crippen molar-refractivity contribution in [3.05, 3.63) is 33.8 Å². The van der Waals surface area contributed by atoms with Gasteiger partial charge in [0.25, 0.3) is 0 Å². The lowest BCUT2D eigenvalue weighted by atomic mass is 9.93. The first-order chi connectivity index (χ1) is 7.50. The third-order valence-corrected chi connectivity index (χ3v) is 3.11. The van der Waals surface area contributed by atoms with E-state index in [4.69, 9.17) is 16.3 Å². The van der Waals surface area contributed by atoms with Crippen LogP contribution in [0.25, 0.3) is 0 Å². The Morgan fingerprint density at radius 3 is 2.81 bits per heavy atom. The van der Waals surface area contributed by atoms with Crippen molar-refractivity contribution in [2.24, 2.45) is 0 Å². The Morgan fingerprint density at radius 1 is 1.50 bits per heavy atom. The van der Waals surface area contributed by atoms with Gasteiger partial charge in [-0.15, -0.1) is 0 Å². The fourth-order valence-corrected chi connectivity index (χ4v) is 2.10. The van der Waals surface area contributed by atoms with Crippen LogP contribution in [0.5, 0.6) is 0 Å². The number of Topliss-reactive ketones (excluding diaryl/α,β-unsaturated/α-hetero) is 1. The summed E-state index contributed by atoms with van der Waals surface area (Å²) in [6, 6.07) is 3.52. The van der Waals surface area contributed by atoms with E-state index in [1.54, 1.807) is 12.1 Å². The Hall–Kier alpha value is -1.35. The minimum Gasteiger partial charge on any atom is -0.450 e. The molecule has 0 bridgehead atoms. The number of rotatable bonds is 1. The fraction of sp³-hybridized carbons (Fsp3) is 0.333. The normalized spacial score (nSPS) is 18.9. The molecular formula is C12H11ClO3. The smallest absolute Gasteiger partial charge is 0.339 e. The number of carbonyl (C=O) groups is 2. The Labute approximate surface area is 98.4 Å². The van der Waals surface area contributed by atoms with Gasteiger partial charge in [0.1, 0.15) is 0 Å². The van der Waals surface area contributed by atoms with Crippen LogP contribution < -0.4 is 0 Å². The number of esters is 1. The monoisotopic (exact) mass is 238 g/mol. The minimum absolute atomic E-state index is 0.156. The van der Waals surface area contributed by atoms with Crippen molar-refractivity contribution < 1.29 is 14.3 Å². The number of hydrogen-bond acceptors (Lipinski definition) is 3. The molecule has 0 radical (unpaired) electrons. The number of ketones is 1. The first-order valence-corrected chi connectivity index (χ1v) is 5.38. The number of hydrogen-bond donors (Lipinski definition) is 0. The molecule has 16 heavy (non-hydrogen) atoms. The highest BCUT2D eigenvalue weighted by atomic mass is 35.5. The maximum absolute atomic E-state index is 11.7. The van der Waals surface area contributed by atoms with Crippen molar-refractivity contribution in [3.8, 4) is 0 Å². The number of carbonyl (C=O) groups excluding carboxylic acids is 2. The minimum atomic E-state index is -0.695. The van der Waals surface area contributed by atoms with Crippen LogP contribution in [0.3, 0.4) is 0 Å². The van der Waals surface area contributed by atoms with Crippen molar-refractivity contribution in [1.82, 2.24) is 0 Å². The first kappa shape index (κ1) is 11.1. The summed E-state index contributed by atoms with van der Waals surface area (Å²) in [4.78, 5) is 23.0. The number of ether oxygens (including phenoxy) is 1. The average Bonchev–Trinajstić information content (AvgIpc) is 2.22. The van der Waals surface area contributed by atoms with Gasteiger partial charge in [0.05, 0.1) is 5.56 Å². The lowest BCUT2D eigenvalue weighted by Gasteiger charge is -2.24. The van der Waals surface area contributed by atoms with E-state index in [1.165, 1.54) is 6.92 Å². The van der Waals surface area contributed by atoms with E-state index in [0.29, 0.717) is 17.0 Å². The number of aryl methyl sites for hydroxylation is 1. The zero-order chi connectivity index (χ0) is 11.9. The van der Waals surface area contributed by atoms with Gasteiger partial charge in [0, 0.05) is 11.4 Å². The van der Waals surface area contributed by atoms with Gasteiger partial charge in [0.15, 0.2) is 11.9 Å². The molecule has 0 aliphatic carbocycles. The molecule has 84 valence electrons. The summed E-state index contributed by atoms with van der Waals surface area (Å²) in [5.74, 6) is -0.613. The van der Waals surface area contributed by atoms with Gasteiger partial charge in [0.2, 0.25) is 0 Å². The van der Waals surface area contributed by atoms with Gasteiger partial charge >= 0.3 is 5.97 Å². The summed E-state index contributed by atoms with van der Waals surface area (Å²) in [6.07, 6.45) is -0.323. The van der Waals surface area contributed by atoms with Gasteiger partial charge in [-0.2, -0.15) is 0 Å². The number of cyclic esters (lactones) is 1. The Balaban J connectivity index is 2.54. The summed E-state index contributed by atoms with van der Waals surface area (Å²) in [5.41, 5.74) is 2.05. The van der Waals surface area contributed by atoms with Crippen molar-refractivity contribution in [2.75, 3.05) is 0 Å². The highest BCUT2D eigenvalue weighted by Gasteiger charge is 2.31. The van der Waals surface area contributed by atoms with Crippen molar-refractivity contribution in [1.29, 1.82) is 0 Å². The first-order valence-electron chi connectivity index (χ1n) is 5.00. The molecule has 0 saturated carbocycles. The summed E-state index contributed by atoms with van der Waals surface area (Å²) in [7, 11) is 0. The van der Waals surface area contributed by atoms with Gasteiger partial charge < -0.3 is 4.74 Å².